The Balaban J connectivity index is 2.25. The number of hydrogen-bond donors (Lipinski definition) is 1. The molecule has 1 fully saturated rings. The fourth-order valence-electron chi connectivity index (χ4n) is 2.67. The first-order chi connectivity index (χ1) is 10.2. The number of nitrogens with one attached hydrogen (secondary N) is 1. The first-order valence-corrected chi connectivity index (χ1v) is 6.83. The maximum Gasteiger partial charge on any atom is 0.408 e. The summed E-state index contributed by atoms with van der Waals surface area (Å²) in [6.07, 6.45) is -3.21. The second-order valence-electron chi connectivity index (χ2n) is 5.33. The molecule has 6 nitrogen and oxygen atoms in total. The first kappa shape index (κ1) is 16.3. The average Bonchev–Trinajstić information content (AvgIpc) is 2.82. The lowest BCUT2D eigenvalue weighted by molar-refractivity contribution is -0.184. The van der Waals surface area contributed by atoms with Crippen LogP contribution < -0.4 is 5.32 Å². The number of nitrogens with zero attached hydrogens (tertiary/aromatic N) is 3. The van der Waals surface area contributed by atoms with Gasteiger partial charge in [0.25, 0.3) is 5.91 Å². The van der Waals surface area contributed by atoms with Crippen molar-refractivity contribution in [2.45, 2.75) is 38.0 Å². The van der Waals surface area contributed by atoms with Crippen LogP contribution in [0.15, 0.2) is 12.3 Å². The number of aromatic nitrogens is 2. The summed E-state index contributed by atoms with van der Waals surface area (Å²) in [5.74, 6) is -1.07. The van der Waals surface area contributed by atoms with Crippen molar-refractivity contribution in [1.82, 2.24) is 20.0 Å². The van der Waals surface area contributed by atoms with E-state index in [0.717, 1.165) is 4.90 Å². The van der Waals surface area contributed by atoms with Gasteiger partial charge in [-0.05, 0) is 18.9 Å². The minimum absolute atomic E-state index is 0.0812. The molecule has 2 amide bonds. The zero-order chi connectivity index (χ0) is 16.5. The molecule has 22 heavy (non-hydrogen) atoms. The van der Waals surface area contributed by atoms with Crippen LogP contribution in [0, 0.1) is 0 Å². The SMILES string of the molecule is CC(=O)N[C@@H]1CC[C@@H](C(F)(F)F)N(C(=O)c2ccnn2C)C1. The summed E-state index contributed by atoms with van der Waals surface area (Å²) >= 11 is 0. The summed E-state index contributed by atoms with van der Waals surface area (Å²) in [5, 5.41) is 6.38. The summed E-state index contributed by atoms with van der Waals surface area (Å²) < 4.78 is 40.8. The number of hydrogen-bond acceptors (Lipinski definition) is 3. The lowest BCUT2D eigenvalue weighted by Gasteiger charge is -2.40. The molecule has 0 aromatic carbocycles. The molecule has 0 aliphatic carbocycles. The van der Waals surface area contributed by atoms with Crippen molar-refractivity contribution in [3.8, 4) is 0 Å². The fraction of sp³-hybridized carbons (Fsp3) is 0.615. The van der Waals surface area contributed by atoms with Crippen LogP contribution in [0.3, 0.4) is 0 Å². The van der Waals surface area contributed by atoms with E-state index in [1.54, 1.807) is 0 Å². The van der Waals surface area contributed by atoms with E-state index in [2.05, 4.69) is 10.4 Å². The van der Waals surface area contributed by atoms with Gasteiger partial charge in [0.05, 0.1) is 0 Å². The van der Waals surface area contributed by atoms with Crippen LogP contribution in [0.2, 0.25) is 0 Å². The molecule has 0 saturated carbocycles. The minimum atomic E-state index is -4.50. The van der Waals surface area contributed by atoms with E-state index in [9.17, 15) is 22.8 Å². The van der Waals surface area contributed by atoms with Crippen molar-refractivity contribution in [1.29, 1.82) is 0 Å². The molecule has 0 spiro atoms. The molecule has 1 saturated heterocycles. The molecular formula is C13H17F3N4O2. The van der Waals surface area contributed by atoms with Gasteiger partial charge in [0.2, 0.25) is 5.91 Å². The summed E-state index contributed by atoms with van der Waals surface area (Å²) in [6.45, 7) is 1.12. The summed E-state index contributed by atoms with van der Waals surface area (Å²) in [6, 6.07) is -0.953. The molecule has 1 aliphatic rings. The van der Waals surface area contributed by atoms with Gasteiger partial charge in [0.15, 0.2) is 0 Å². The second kappa shape index (κ2) is 5.98. The van der Waals surface area contributed by atoms with Crippen LogP contribution >= 0.6 is 0 Å². The number of halogens is 3. The van der Waals surface area contributed by atoms with Crippen molar-refractivity contribution in [3.63, 3.8) is 0 Å². The monoisotopic (exact) mass is 318 g/mol. The van der Waals surface area contributed by atoms with Crippen LogP contribution in [0.1, 0.15) is 30.3 Å². The van der Waals surface area contributed by atoms with Gasteiger partial charge in [-0.3, -0.25) is 14.3 Å². The molecular weight excluding hydrogens is 301 g/mol. The fourth-order valence-corrected chi connectivity index (χ4v) is 2.67. The van der Waals surface area contributed by atoms with Gasteiger partial charge in [0, 0.05) is 32.8 Å². The number of piperidine rings is 1. The largest absolute Gasteiger partial charge is 0.408 e. The van der Waals surface area contributed by atoms with Gasteiger partial charge < -0.3 is 10.2 Å². The van der Waals surface area contributed by atoms with E-state index in [4.69, 9.17) is 0 Å². The minimum Gasteiger partial charge on any atom is -0.352 e. The van der Waals surface area contributed by atoms with Gasteiger partial charge >= 0.3 is 6.18 Å². The van der Waals surface area contributed by atoms with Crippen LogP contribution in [-0.4, -0.2) is 51.3 Å². The first-order valence-electron chi connectivity index (χ1n) is 6.83. The molecule has 0 bridgehead atoms. The van der Waals surface area contributed by atoms with Gasteiger partial charge in [-0.15, -0.1) is 0 Å². The predicted molar refractivity (Wildman–Crippen MR) is 70.9 cm³/mol. The molecule has 2 atom stereocenters. The van der Waals surface area contributed by atoms with E-state index in [1.165, 1.54) is 30.9 Å². The van der Waals surface area contributed by atoms with E-state index in [0.29, 0.717) is 0 Å². The Kier molecular flexibility index (Phi) is 4.43. The van der Waals surface area contributed by atoms with Crippen LogP contribution in [-0.2, 0) is 11.8 Å². The Hall–Kier alpha value is -2.06. The molecule has 9 heteroatoms. The molecule has 122 valence electrons. The number of carbonyl (C=O) groups excluding carboxylic acids is 2. The van der Waals surface area contributed by atoms with E-state index in [1.807, 2.05) is 0 Å². The Bertz CT molecular complexity index is 570. The maximum absolute atomic E-state index is 13.2. The summed E-state index contributed by atoms with van der Waals surface area (Å²) in [4.78, 5) is 24.3. The van der Waals surface area contributed by atoms with Gasteiger partial charge in [-0.2, -0.15) is 18.3 Å². The Labute approximate surface area is 125 Å². The molecule has 1 N–H and O–H groups in total. The van der Waals surface area contributed by atoms with E-state index < -0.39 is 24.2 Å². The summed E-state index contributed by atoms with van der Waals surface area (Å²) in [5.41, 5.74) is 0.0812. The van der Waals surface area contributed by atoms with Gasteiger partial charge in [-0.1, -0.05) is 0 Å². The Morgan fingerprint density at radius 1 is 1.36 bits per heavy atom. The highest BCUT2D eigenvalue weighted by Gasteiger charge is 2.48. The normalized spacial score (nSPS) is 22.5. The van der Waals surface area contributed by atoms with Gasteiger partial charge in [0.1, 0.15) is 11.7 Å². The second-order valence-corrected chi connectivity index (χ2v) is 5.33. The van der Waals surface area contributed by atoms with Crippen molar-refractivity contribution in [2.75, 3.05) is 6.54 Å². The highest BCUT2D eigenvalue weighted by atomic mass is 19.4. The third kappa shape index (κ3) is 3.40. The van der Waals surface area contributed by atoms with Crippen molar-refractivity contribution in [3.05, 3.63) is 18.0 Å². The number of aryl methyl sites for hydroxylation is 1. The maximum atomic E-state index is 13.2. The van der Waals surface area contributed by atoms with E-state index >= 15 is 0 Å². The number of rotatable bonds is 2. The highest BCUT2D eigenvalue weighted by Crippen LogP contribution is 2.32. The Morgan fingerprint density at radius 2 is 2.05 bits per heavy atom. The molecule has 1 aromatic heterocycles. The summed E-state index contributed by atoms with van der Waals surface area (Å²) in [7, 11) is 1.49. The topological polar surface area (TPSA) is 67.2 Å². The molecule has 0 radical (unpaired) electrons. The number of carbonyl (C=O) groups is 2. The predicted octanol–water partition coefficient (Wildman–Crippen LogP) is 1.09. The number of amides is 2. The standard InChI is InChI=1S/C13H17F3N4O2/c1-8(21)18-9-3-4-11(13(14,15)16)20(7-9)12(22)10-5-6-17-19(10)2/h5-6,9,11H,3-4,7H2,1-2H3,(H,18,21)/t9-,11+/m1/s1. The van der Waals surface area contributed by atoms with Crippen molar-refractivity contribution in [2.24, 2.45) is 7.05 Å². The third-order valence-corrected chi connectivity index (χ3v) is 3.67. The van der Waals surface area contributed by atoms with E-state index in [-0.39, 0.29) is 31.0 Å². The third-order valence-electron chi connectivity index (χ3n) is 3.67. The molecule has 1 aliphatic heterocycles. The van der Waals surface area contributed by atoms with Crippen molar-refractivity contribution < 1.29 is 22.8 Å². The number of likely N-dealkylation sites (tertiary alicyclic amines) is 1. The molecule has 2 heterocycles. The van der Waals surface area contributed by atoms with Gasteiger partial charge in [-0.25, -0.2) is 0 Å². The van der Waals surface area contributed by atoms with Crippen LogP contribution in [0.25, 0.3) is 0 Å². The quantitative estimate of drug-likeness (QED) is 0.888. The lowest BCUT2D eigenvalue weighted by Crippen LogP contribution is -2.58. The zero-order valence-electron chi connectivity index (χ0n) is 12.2. The lowest BCUT2D eigenvalue weighted by atomic mass is 9.97. The van der Waals surface area contributed by atoms with Crippen LogP contribution in [0.5, 0.6) is 0 Å². The van der Waals surface area contributed by atoms with Crippen LogP contribution in [0.4, 0.5) is 13.2 Å². The molecule has 0 unspecified atom stereocenters. The number of alkyl halides is 3. The van der Waals surface area contributed by atoms with Crippen molar-refractivity contribution >= 4 is 11.8 Å². The highest BCUT2D eigenvalue weighted by molar-refractivity contribution is 5.93. The smallest absolute Gasteiger partial charge is 0.352 e. The molecule has 1 aromatic rings. The average molecular weight is 318 g/mol. The molecule has 2 rings (SSSR count). The Morgan fingerprint density at radius 3 is 2.55 bits per heavy atom. The zero-order valence-corrected chi connectivity index (χ0v) is 12.2.